The molecule has 1 N–H and O–H groups in total. The first-order chi connectivity index (χ1) is 16.8. The van der Waals surface area contributed by atoms with Gasteiger partial charge in [-0.15, -0.1) is 11.3 Å². The number of rotatable bonds is 6. The molecule has 0 radical (unpaired) electrons. The molecule has 1 amide bonds. The van der Waals surface area contributed by atoms with Crippen LogP contribution in [0.2, 0.25) is 0 Å². The molecule has 3 heterocycles. The van der Waals surface area contributed by atoms with Crippen molar-refractivity contribution in [3.05, 3.63) is 74.7 Å². The highest BCUT2D eigenvalue weighted by atomic mass is 32.2. The molecule has 5 rings (SSSR count). The monoisotopic (exact) mass is 511 g/mol. The zero-order valence-electron chi connectivity index (χ0n) is 20.1. The molecule has 35 heavy (non-hydrogen) atoms. The third-order valence-corrected chi connectivity index (χ3v) is 9.85. The van der Waals surface area contributed by atoms with Gasteiger partial charge in [-0.3, -0.25) is 4.79 Å². The van der Waals surface area contributed by atoms with Gasteiger partial charge in [0.25, 0.3) is 5.91 Å². The van der Waals surface area contributed by atoms with E-state index < -0.39 is 10.0 Å². The topological polar surface area (TPSA) is 88.6 Å². The summed E-state index contributed by atoms with van der Waals surface area (Å²) in [7, 11) is -3.72. The van der Waals surface area contributed by atoms with Crippen molar-refractivity contribution in [2.24, 2.45) is 0 Å². The van der Waals surface area contributed by atoms with Gasteiger partial charge in [0.15, 0.2) is 0 Å². The summed E-state index contributed by atoms with van der Waals surface area (Å²) in [6, 6.07) is 13.1. The fraction of sp³-hybridized carbons (Fsp3) is 0.385. The van der Waals surface area contributed by atoms with Gasteiger partial charge in [-0.1, -0.05) is 44.2 Å². The second-order valence-electron chi connectivity index (χ2n) is 9.05. The zero-order valence-corrected chi connectivity index (χ0v) is 21.7. The van der Waals surface area contributed by atoms with E-state index in [1.165, 1.54) is 11.3 Å². The van der Waals surface area contributed by atoms with Crippen molar-refractivity contribution in [1.82, 2.24) is 14.6 Å². The Morgan fingerprint density at radius 1 is 1.23 bits per heavy atom. The Kier molecular flexibility index (Phi) is 6.41. The average Bonchev–Trinajstić information content (AvgIpc) is 3.39. The number of hydrogen-bond acceptors (Lipinski definition) is 6. The van der Waals surface area contributed by atoms with Crippen LogP contribution < -0.4 is 10.1 Å². The van der Waals surface area contributed by atoms with Crippen LogP contribution >= 0.6 is 11.3 Å². The largest absolute Gasteiger partial charge is 0.488 e. The SMILES string of the molecule is CCC(c1ccc(C)c(CN2C[C@@H](CC)Oc3ccccc3S2(=O)=O)c1)c1nc2c(s1)C(=O)NC2. The molecule has 1 unspecified atom stereocenters. The summed E-state index contributed by atoms with van der Waals surface area (Å²) in [6.45, 7) is 7.17. The molecule has 0 aliphatic carbocycles. The summed E-state index contributed by atoms with van der Waals surface area (Å²) >= 11 is 1.46. The van der Waals surface area contributed by atoms with E-state index in [-0.39, 0.29) is 29.4 Å². The molecule has 0 fully saturated rings. The van der Waals surface area contributed by atoms with Gasteiger partial charge in [-0.05, 0) is 48.6 Å². The molecule has 0 spiro atoms. The molecule has 9 heteroatoms. The summed E-state index contributed by atoms with van der Waals surface area (Å²) in [5, 5.41) is 3.74. The smallest absolute Gasteiger partial charge is 0.263 e. The highest BCUT2D eigenvalue weighted by Crippen LogP contribution is 2.36. The van der Waals surface area contributed by atoms with E-state index in [2.05, 4.69) is 24.4 Å². The van der Waals surface area contributed by atoms with Crippen LogP contribution in [0.5, 0.6) is 5.75 Å². The summed E-state index contributed by atoms with van der Waals surface area (Å²) in [4.78, 5) is 17.7. The van der Waals surface area contributed by atoms with E-state index >= 15 is 0 Å². The lowest BCUT2D eigenvalue weighted by Gasteiger charge is -2.24. The molecule has 0 saturated carbocycles. The molecule has 2 atom stereocenters. The first-order valence-electron chi connectivity index (χ1n) is 11.9. The summed E-state index contributed by atoms with van der Waals surface area (Å²) < 4.78 is 34.8. The van der Waals surface area contributed by atoms with Gasteiger partial charge >= 0.3 is 0 Å². The third-order valence-electron chi connectivity index (χ3n) is 6.79. The van der Waals surface area contributed by atoms with Crippen molar-refractivity contribution in [3.8, 4) is 5.75 Å². The maximum Gasteiger partial charge on any atom is 0.263 e. The Bertz CT molecular complexity index is 1380. The maximum atomic E-state index is 13.6. The third kappa shape index (κ3) is 4.37. The first kappa shape index (κ1) is 24.0. The van der Waals surface area contributed by atoms with Crippen molar-refractivity contribution in [3.63, 3.8) is 0 Å². The number of benzene rings is 2. The highest BCUT2D eigenvalue weighted by Gasteiger charge is 2.34. The Balaban J connectivity index is 1.49. The average molecular weight is 512 g/mol. The van der Waals surface area contributed by atoms with Gasteiger partial charge in [0.05, 0.1) is 18.8 Å². The molecular formula is C26H29N3O4S2. The van der Waals surface area contributed by atoms with Crippen molar-refractivity contribution in [2.45, 2.75) is 63.6 Å². The Morgan fingerprint density at radius 2 is 2.03 bits per heavy atom. The summed E-state index contributed by atoms with van der Waals surface area (Å²) in [5.41, 5.74) is 3.89. The highest BCUT2D eigenvalue weighted by molar-refractivity contribution is 7.89. The Hall–Kier alpha value is -2.75. The number of sulfonamides is 1. The van der Waals surface area contributed by atoms with E-state index in [1.54, 1.807) is 28.6 Å². The van der Waals surface area contributed by atoms with Gasteiger partial charge in [0.2, 0.25) is 10.0 Å². The van der Waals surface area contributed by atoms with Crippen LogP contribution in [0.15, 0.2) is 47.4 Å². The maximum absolute atomic E-state index is 13.6. The van der Waals surface area contributed by atoms with Gasteiger partial charge in [0, 0.05) is 12.5 Å². The first-order valence-corrected chi connectivity index (χ1v) is 14.2. The lowest BCUT2D eigenvalue weighted by atomic mass is 9.93. The standard InChI is InChI=1S/C26H29N3O4S2/c1-4-19-15-29(35(31,32)23-9-7-6-8-22(23)33-19)14-18-12-17(11-10-16(18)3)20(5-2)26-28-21-13-27-25(30)24(21)34-26/h6-12,19-20H,4-5,13-15H2,1-3H3,(H,27,30)/t19-,20?/m1/s1. The number of amides is 1. The molecule has 3 aromatic rings. The van der Waals surface area contributed by atoms with E-state index in [9.17, 15) is 13.2 Å². The quantitative estimate of drug-likeness (QED) is 0.523. The van der Waals surface area contributed by atoms with Gasteiger partial charge in [0.1, 0.15) is 26.6 Å². The summed E-state index contributed by atoms with van der Waals surface area (Å²) in [6.07, 6.45) is 1.32. The van der Waals surface area contributed by atoms with Crippen LogP contribution in [0.1, 0.15) is 69.7 Å². The number of thiazole rings is 1. The lowest BCUT2D eigenvalue weighted by molar-refractivity contribution is 0.0969. The lowest BCUT2D eigenvalue weighted by Crippen LogP contribution is -2.36. The second kappa shape index (κ2) is 9.37. The molecule has 2 aliphatic heterocycles. The number of para-hydroxylation sites is 1. The number of hydrogen-bond donors (Lipinski definition) is 1. The van der Waals surface area contributed by atoms with Crippen molar-refractivity contribution < 1.29 is 17.9 Å². The van der Waals surface area contributed by atoms with Gasteiger partial charge in [-0.25, -0.2) is 13.4 Å². The van der Waals surface area contributed by atoms with E-state index in [1.807, 2.05) is 19.9 Å². The van der Waals surface area contributed by atoms with Crippen molar-refractivity contribution in [1.29, 1.82) is 0 Å². The van der Waals surface area contributed by atoms with E-state index in [0.717, 1.165) is 33.8 Å². The number of ether oxygens (including phenoxy) is 1. The normalized spacial score (nSPS) is 19.9. The minimum atomic E-state index is -3.72. The number of nitrogens with zero attached hydrogens (tertiary/aromatic N) is 2. The number of nitrogens with one attached hydrogen (secondary N) is 1. The number of carbonyl (C=O) groups is 1. The van der Waals surface area contributed by atoms with Crippen LogP contribution in [-0.4, -0.2) is 36.3 Å². The fourth-order valence-electron chi connectivity index (χ4n) is 4.69. The Labute approximate surface area is 210 Å². The fourth-order valence-corrected chi connectivity index (χ4v) is 7.47. The molecular weight excluding hydrogens is 482 g/mol. The predicted octanol–water partition coefficient (Wildman–Crippen LogP) is 4.60. The molecule has 1 aromatic heterocycles. The number of fused-ring (bicyclic) bond motifs is 2. The van der Waals surface area contributed by atoms with Gasteiger partial charge in [-0.2, -0.15) is 4.31 Å². The van der Waals surface area contributed by atoms with E-state index in [0.29, 0.717) is 30.1 Å². The second-order valence-corrected chi connectivity index (χ2v) is 12.0. The van der Waals surface area contributed by atoms with Crippen molar-refractivity contribution >= 4 is 27.3 Å². The van der Waals surface area contributed by atoms with Crippen LogP contribution in [0, 0.1) is 6.92 Å². The molecule has 7 nitrogen and oxygen atoms in total. The van der Waals surface area contributed by atoms with Crippen LogP contribution in [0.25, 0.3) is 0 Å². The molecule has 2 aliphatic rings. The zero-order chi connectivity index (χ0) is 24.7. The number of aryl methyl sites for hydroxylation is 1. The number of aromatic nitrogens is 1. The van der Waals surface area contributed by atoms with E-state index in [4.69, 9.17) is 9.72 Å². The van der Waals surface area contributed by atoms with Crippen LogP contribution in [0.3, 0.4) is 0 Å². The summed E-state index contributed by atoms with van der Waals surface area (Å²) in [5.74, 6) is 0.410. The Morgan fingerprint density at radius 3 is 2.77 bits per heavy atom. The molecule has 0 bridgehead atoms. The number of carbonyl (C=O) groups excluding carboxylic acids is 1. The van der Waals surface area contributed by atoms with Crippen LogP contribution in [-0.2, 0) is 23.1 Å². The predicted molar refractivity (Wildman–Crippen MR) is 135 cm³/mol. The minimum absolute atomic E-state index is 0.0472. The molecule has 0 saturated heterocycles. The van der Waals surface area contributed by atoms with Crippen molar-refractivity contribution in [2.75, 3.05) is 6.54 Å². The molecule has 184 valence electrons. The van der Waals surface area contributed by atoms with Gasteiger partial charge < -0.3 is 10.1 Å². The minimum Gasteiger partial charge on any atom is -0.488 e. The molecule has 2 aromatic carbocycles. The van der Waals surface area contributed by atoms with Crippen LogP contribution in [0.4, 0.5) is 0 Å².